The van der Waals surface area contributed by atoms with Gasteiger partial charge < -0.3 is 14.4 Å². The van der Waals surface area contributed by atoms with Gasteiger partial charge in [0.15, 0.2) is 0 Å². The van der Waals surface area contributed by atoms with Gasteiger partial charge in [-0.2, -0.15) is 0 Å². The van der Waals surface area contributed by atoms with E-state index >= 15 is 0 Å². The zero-order chi connectivity index (χ0) is 17.5. The van der Waals surface area contributed by atoms with Gasteiger partial charge in [0.1, 0.15) is 5.75 Å². The predicted molar refractivity (Wildman–Crippen MR) is 98.0 cm³/mol. The quantitative estimate of drug-likeness (QED) is 0.834. The van der Waals surface area contributed by atoms with Crippen LogP contribution in [-0.4, -0.2) is 61.7 Å². The molecule has 3 fully saturated rings. The van der Waals surface area contributed by atoms with E-state index in [0.717, 1.165) is 64.4 Å². The van der Waals surface area contributed by atoms with Gasteiger partial charge in [-0.3, -0.25) is 9.69 Å². The Morgan fingerprint density at radius 1 is 1.15 bits per heavy atom. The molecule has 140 valence electrons. The molecule has 0 bridgehead atoms. The third-order valence-corrected chi connectivity index (χ3v) is 6.73. The van der Waals surface area contributed by atoms with Crippen LogP contribution < -0.4 is 4.74 Å². The van der Waals surface area contributed by atoms with Crippen molar-refractivity contribution in [3.63, 3.8) is 0 Å². The van der Waals surface area contributed by atoms with E-state index in [4.69, 9.17) is 9.47 Å². The van der Waals surface area contributed by atoms with Crippen LogP contribution in [0.5, 0.6) is 5.75 Å². The number of carbonyl (C=O) groups is 1. The van der Waals surface area contributed by atoms with Gasteiger partial charge in [-0.05, 0) is 31.2 Å². The number of hydrogen-bond donors (Lipinski definition) is 0. The van der Waals surface area contributed by atoms with E-state index in [0.29, 0.717) is 24.5 Å². The van der Waals surface area contributed by atoms with Crippen LogP contribution in [0, 0.1) is 17.8 Å². The molecule has 4 aliphatic heterocycles. The van der Waals surface area contributed by atoms with Gasteiger partial charge in [-0.15, -0.1) is 0 Å². The summed E-state index contributed by atoms with van der Waals surface area (Å²) >= 11 is 0. The molecule has 5 heteroatoms. The number of hydrogen-bond acceptors (Lipinski definition) is 4. The molecule has 1 amide bonds. The molecule has 0 N–H and O–H groups in total. The summed E-state index contributed by atoms with van der Waals surface area (Å²) < 4.78 is 11.6. The lowest BCUT2D eigenvalue weighted by Gasteiger charge is -2.37. The van der Waals surface area contributed by atoms with Gasteiger partial charge in [-0.25, -0.2) is 0 Å². The molecule has 5 nitrogen and oxygen atoms in total. The van der Waals surface area contributed by atoms with E-state index in [1.54, 1.807) is 0 Å². The Balaban J connectivity index is 1.42. The van der Waals surface area contributed by atoms with Gasteiger partial charge in [0.25, 0.3) is 0 Å². The largest absolute Gasteiger partial charge is 0.493 e. The van der Waals surface area contributed by atoms with Gasteiger partial charge in [0.05, 0.1) is 12.5 Å². The Morgan fingerprint density at radius 2 is 1.96 bits per heavy atom. The second kappa shape index (κ2) is 6.86. The van der Waals surface area contributed by atoms with Crippen molar-refractivity contribution in [3.8, 4) is 5.75 Å². The number of fused-ring (bicyclic) bond motifs is 3. The Bertz CT molecular complexity index is 669. The van der Waals surface area contributed by atoms with Crippen molar-refractivity contribution in [1.82, 2.24) is 9.80 Å². The first-order chi connectivity index (χ1) is 12.8. The number of ether oxygens (including phenoxy) is 2. The standard InChI is InChI=1S/C21H28N2O3/c24-21(22-8-3-9-22)17-13-23(12-15-6-10-25-11-7-15)20-16-4-1-2-5-19(16)26-14-18(17)20/h1-2,4-5,15,17-18,20H,3,6-14H2/t17-,18+,20+/m1/s1. The Hall–Kier alpha value is -1.59. The van der Waals surface area contributed by atoms with E-state index in [-0.39, 0.29) is 11.8 Å². The van der Waals surface area contributed by atoms with Crippen LogP contribution >= 0.6 is 0 Å². The fourth-order valence-corrected chi connectivity index (χ4v) is 5.15. The first-order valence-corrected chi connectivity index (χ1v) is 10.1. The van der Waals surface area contributed by atoms with Crippen molar-refractivity contribution in [2.45, 2.75) is 25.3 Å². The van der Waals surface area contributed by atoms with Crippen molar-refractivity contribution < 1.29 is 14.3 Å². The molecule has 1 aromatic carbocycles. The second-order valence-corrected chi connectivity index (χ2v) is 8.25. The molecule has 4 heterocycles. The van der Waals surface area contributed by atoms with Crippen LogP contribution in [0.15, 0.2) is 24.3 Å². The highest BCUT2D eigenvalue weighted by atomic mass is 16.5. The van der Waals surface area contributed by atoms with Crippen LogP contribution in [-0.2, 0) is 9.53 Å². The number of benzene rings is 1. The molecular weight excluding hydrogens is 328 g/mol. The average molecular weight is 356 g/mol. The monoisotopic (exact) mass is 356 g/mol. The van der Waals surface area contributed by atoms with Crippen LogP contribution in [0.4, 0.5) is 0 Å². The molecule has 5 rings (SSSR count). The maximum Gasteiger partial charge on any atom is 0.227 e. The number of amides is 1. The minimum atomic E-state index is 0.0773. The first kappa shape index (κ1) is 16.6. The normalized spacial score (nSPS) is 31.7. The van der Waals surface area contributed by atoms with Crippen LogP contribution in [0.2, 0.25) is 0 Å². The van der Waals surface area contributed by atoms with Crippen LogP contribution in [0.3, 0.4) is 0 Å². The number of rotatable bonds is 3. The second-order valence-electron chi connectivity index (χ2n) is 8.25. The Labute approximate surface area is 155 Å². The van der Waals surface area contributed by atoms with E-state index in [1.165, 1.54) is 5.56 Å². The fraction of sp³-hybridized carbons (Fsp3) is 0.667. The fourth-order valence-electron chi connectivity index (χ4n) is 5.15. The lowest BCUT2D eigenvalue weighted by atomic mass is 9.84. The highest BCUT2D eigenvalue weighted by Crippen LogP contribution is 2.48. The minimum absolute atomic E-state index is 0.0773. The molecule has 3 atom stereocenters. The van der Waals surface area contributed by atoms with E-state index in [1.807, 2.05) is 11.0 Å². The van der Waals surface area contributed by atoms with E-state index in [9.17, 15) is 4.79 Å². The first-order valence-electron chi connectivity index (χ1n) is 10.1. The number of likely N-dealkylation sites (tertiary alicyclic amines) is 2. The average Bonchev–Trinajstić information content (AvgIpc) is 3.00. The molecule has 26 heavy (non-hydrogen) atoms. The third-order valence-electron chi connectivity index (χ3n) is 6.73. The van der Waals surface area contributed by atoms with Crippen LogP contribution in [0.25, 0.3) is 0 Å². The van der Waals surface area contributed by atoms with Crippen molar-refractivity contribution in [1.29, 1.82) is 0 Å². The highest BCUT2D eigenvalue weighted by Gasteiger charge is 2.50. The number of nitrogens with zero attached hydrogens (tertiary/aromatic N) is 2. The van der Waals surface area contributed by atoms with Crippen LogP contribution in [0.1, 0.15) is 30.9 Å². The molecule has 0 spiro atoms. The van der Waals surface area contributed by atoms with Crippen molar-refractivity contribution in [3.05, 3.63) is 29.8 Å². The molecule has 4 aliphatic rings. The molecule has 3 saturated heterocycles. The molecular formula is C21H28N2O3. The summed E-state index contributed by atoms with van der Waals surface area (Å²) in [5, 5.41) is 0. The van der Waals surface area contributed by atoms with Crippen molar-refractivity contribution >= 4 is 5.91 Å². The smallest absolute Gasteiger partial charge is 0.227 e. The lowest BCUT2D eigenvalue weighted by molar-refractivity contribution is -0.140. The molecule has 0 aliphatic carbocycles. The topological polar surface area (TPSA) is 42.0 Å². The van der Waals surface area contributed by atoms with Crippen molar-refractivity contribution in [2.75, 3.05) is 46.0 Å². The third kappa shape index (κ3) is 2.81. The summed E-state index contributed by atoms with van der Waals surface area (Å²) in [6.45, 7) is 6.23. The number of para-hydroxylation sites is 1. The molecule has 0 unspecified atom stereocenters. The molecule has 0 radical (unpaired) electrons. The van der Waals surface area contributed by atoms with Gasteiger partial charge in [0, 0.05) is 56.9 Å². The Morgan fingerprint density at radius 3 is 2.73 bits per heavy atom. The molecule has 0 aromatic heterocycles. The Kier molecular flexibility index (Phi) is 4.37. The van der Waals surface area contributed by atoms with Crippen molar-refractivity contribution in [2.24, 2.45) is 17.8 Å². The van der Waals surface area contributed by atoms with Gasteiger partial charge in [-0.1, -0.05) is 18.2 Å². The molecule has 1 aromatic rings. The zero-order valence-corrected chi connectivity index (χ0v) is 15.3. The van der Waals surface area contributed by atoms with Gasteiger partial charge in [0.2, 0.25) is 5.91 Å². The summed E-state index contributed by atoms with van der Waals surface area (Å²) in [4.78, 5) is 17.7. The summed E-state index contributed by atoms with van der Waals surface area (Å²) in [6.07, 6.45) is 3.42. The summed E-state index contributed by atoms with van der Waals surface area (Å²) in [7, 11) is 0. The van der Waals surface area contributed by atoms with Gasteiger partial charge >= 0.3 is 0 Å². The maximum atomic E-state index is 13.1. The maximum absolute atomic E-state index is 13.1. The zero-order valence-electron chi connectivity index (χ0n) is 15.3. The van der Waals surface area contributed by atoms with E-state index < -0.39 is 0 Å². The summed E-state index contributed by atoms with van der Waals surface area (Å²) in [6, 6.07) is 8.72. The number of carbonyl (C=O) groups excluding carboxylic acids is 1. The summed E-state index contributed by atoms with van der Waals surface area (Å²) in [5.74, 6) is 2.38. The predicted octanol–water partition coefficient (Wildman–Crippen LogP) is 2.33. The SMILES string of the molecule is O=C([C@@H]1CN(CC2CCOCC2)[C@H]2c3ccccc3OC[C@@H]12)N1CCC1. The summed E-state index contributed by atoms with van der Waals surface area (Å²) in [5.41, 5.74) is 1.27. The highest BCUT2D eigenvalue weighted by molar-refractivity contribution is 5.80. The van der Waals surface area contributed by atoms with E-state index in [2.05, 4.69) is 23.1 Å². The minimum Gasteiger partial charge on any atom is -0.493 e. The molecule has 0 saturated carbocycles. The lowest BCUT2D eigenvalue weighted by Crippen LogP contribution is -2.47.